The van der Waals surface area contributed by atoms with Crippen LogP contribution in [0, 0.1) is 6.92 Å². The highest BCUT2D eigenvalue weighted by Crippen LogP contribution is 2.21. The molecule has 3 rings (SSSR count). The first-order valence-corrected chi connectivity index (χ1v) is 8.84. The molecule has 1 aromatic carbocycles. The zero-order valence-corrected chi connectivity index (χ0v) is 15.0. The van der Waals surface area contributed by atoms with Crippen molar-refractivity contribution in [3.8, 4) is 5.88 Å². The van der Waals surface area contributed by atoms with Crippen LogP contribution in [0.25, 0.3) is 0 Å². The van der Waals surface area contributed by atoms with E-state index < -0.39 is 0 Å². The molecule has 25 heavy (non-hydrogen) atoms. The van der Waals surface area contributed by atoms with Gasteiger partial charge < -0.3 is 10.1 Å². The third-order valence-electron chi connectivity index (χ3n) is 4.22. The quantitative estimate of drug-likeness (QED) is 0.887. The number of pyridine rings is 1. The van der Waals surface area contributed by atoms with E-state index in [2.05, 4.69) is 15.2 Å². The van der Waals surface area contributed by atoms with Crippen molar-refractivity contribution >= 4 is 23.2 Å². The number of likely N-dealkylation sites (tertiary alicyclic amines) is 1. The summed E-state index contributed by atoms with van der Waals surface area (Å²) >= 11 is 6.07. The van der Waals surface area contributed by atoms with Gasteiger partial charge in [-0.1, -0.05) is 29.8 Å². The monoisotopic (exact) mass is 359 g/mol. The van der Waals surface area contributed by atoms with E-state index in [0.29, 0.717) is 23.1 Å². The van der Waals surface area contributed by atoms with Crippen molar-refractivity contribution in [2.24, 2.45) is 0 Å². The van der Waals surface area contributed by atoms with Crippen LogP contribution in [0.1, 0.15) is 18.4 Å². The fraction of sp³-hybridized carbons (Fsp3) is 0.368. The van der Waals surface area contributed by atoms with Gasteiger partial charge in [0.2, 0.25) is 11.8 Å². The Kier molecular flexibility index (Phi) is 5.89. The number of amides is 1. The molecule has 1 fully saturated rings. The number of nitrogens with one attached hydrogen (secondary N) is 1. The number of anilines is 1. The Balaban J connectivity index is 1.43. The largest absolute Gasteiger partial charge is 0.474 e. The van der Waals surface area contributed by atoms with Crippen LogP contribution in [0.4, 0.5) is 5.69 Å². The standard InChI is InChI=1S/C19H22ClN3O2/c1-14-6-7-19(21-12-14)25-15-8-10-23(11-9-15)13-18(24)22-17-5-3-2-4-16(17)20/h2-7,12,15H,8-11,13H2,1H3,(H,22,24). The van der Waals surface area contributed by atoms with Crippen molar-refractivity contribution < 1.29 is 9.53 Å². The predicted octanol–water partition coefficient (Wildman–Crippen LogP) is 3.53. The number of piperidine rings is 1. The van der Waals surface area contributed by atoms with E-state index in [4.69, 9.17) is 16.3 Å². The topological polar surface area (TPSA) is 54.5 Å². The minimum absolute atomic E-state index is 0.0485. The number of benzene rings is 1. The molecular weight excluding hydrogens is 338 g/mol. The van der Waals surface area contributed by atoms with Gasteiger partial charge in [-0.3, -0.25) is 9.69 Å². The molecule has 1 aliphatic rings. The van der Waals surface area contributed by atoms with Crippen LogP contribution in [-0.2, 0) is 4.79 Å². The molecule has 1 N–H and O–H groups in total. The highest BCUT2D eigenvalue weighted by atomic mass is 35.5. The summed E-state index contributed by atoms with van der Waals surface area (Å²) in [6, 6.07) is 11.2. The lowest BCUT2D eigenvalue weighted by Gasteiger charge is -2.31. The molecule has 1 amide bonds. The molecule has 1 saturated heterocycles. The van der Waals surface area contributed by atoms with E-state index in [1.165, 1.54) is 0 Å². The molecule has 5 nitrogen and oxygen atoms in total. The Morgan fingerprint density at radius 2 is 2.04 bits per heavy atom. The number of aryl methyl sites for hydroxylation is 1. The van der Waals surface area contributed by atoms with Crippen molar-refractivity contribution in [2.75, 3.05) is 25.0 Å². The number of aromatic nitrogens is 1. The van der Waals surface area contributed by atoms with Crippen LogP contribution >= 0.6 is 11.6 Å². The SMILES string of the molecule is Cc1ccc(OC2CCN(CC(=O)Nc3ccccc3Cl)CC2)nc1. The molecule has 0 bridgehead atoms. The third-order valence-corrected chi connectivity index (χ3v) is 4.55. The summed E-state index contributed by atoms with van der Waals surface area (Å²) < 4.78 is 5.92. The molecule has 0 unspecified atom stereocenters. The second-order valence-electron chi connectivity index (χ2n) is 6.30. The van der Waals surface area contributed by atoms with E-state index in [1.807, 2.05) is 37.4 Å². The zero-order valence-electron chi connectivity index (χ0n) is 14.2. The smallest absolute Gasteiger partial charge is 0.238 e. The molecule has 1 aromatic heterocycles. The molecule has 1 aliphatic heterocycles. The van der Waals surface area contributed by atoms with Gasteiger partial charge in [0.1, 0.15) is 6.10 Å². The number of rotatable bonds is 5. The van der Waals surface area contributed by atoms with Gasteiger partial charge in [-0.05, 0) is 37.5 Å². The second kappa shape index (κ2) is 8.32. The Bertz CT molecular complexity index is 713. The highest BCUT2D eigenvalue weighted by molar-refractivity contribution is 6.33. The summed E-state index contributed by atoms with van der Waals surface area (Å²) in [5.41, 5.74) is 1.77. The fourth-order valence-corrected chi connectivity index (χ4v) is 3.02. The molecule has 2 aromatic rings. The molecular formula is C19H22ClN3O2. The average Bonchev–Trinajstić information content (AvgIpc) is 2.61. The van der Waals surface area contributed by atoms with Crippen molar-refractivity contribution in [2.45, 2.75) is 25.9 Å². The minimum atomic E-state index is -0.0485. The maximum absolute atomic E-state index is 12.2. The van der Waals surface area contributed by atoms with Crippen LogP contribution in [0.3, 0.4) is 0 Å². The van der Waals surface area contributed by atoms with Crippen molar-refractivity contribution in [3.05, 3.63) is 53.2 Å². The lowest BCUT2D eigenvalue weighted by atomic mass is 10.1. The predicted molar refractivity (Wildman–Crippen MR) is 99.1 cm³/mol. The summed E-state index contributed by atoms with van der Waals surface area (Å²) in [6.07, 6.45) is 3.73. The average molecular weight is 360 g/mol. The number of hydrogen-bond donors (Lipinski definition) is 1. The molecule has 6 heteroatoms. The molecule has 0 atom stereocenters. The Morgan fingerprint density at radius 1 is 1.28 bits per heavy atom. The Hall–Kier alpha value is -2.11. The normalized spacial score (nSPS) is 15.8. The summed E-state index contributed by atoms with van der Waals surface area (Å²) in [5.74, 6) is 0.619. The summed E-state index contributed by atoms with van der Waals surface area (Å²) in [7, 11) is 0. The van der Waals surface area contributed by atoms with Gasteiger partial charge in [0, 0.05) is 25.4 Å². The Morgan fingerprint density at radius 3 is 2.72 bits per heavy atom. The molecule has 0 spiro atoms. The number of hydrogen-bond acceptors (Lipinski definition) is 4. The molecule has 132 valence electrons. The van der Waals surface area contributed by atoms with E-state index in [0.717, 1.165) is 31.5 Å². The maximum atomic E-state index is 12.2. The number of carbonyl (C=O) groups is 1. The maximum Gasteiger partial charge on any atom is 0.238 e. The van der Waals surface area contributed by atoms with Crippen molar-refractivity contribution in [3.63, 3.8) is 0 Å². The van der Waals surface area contributed by atoms with Crippen LogP contribution in [0.5, 0.6) is 5.88 Å². The minimum Gasteiger partial charge on any atom is -0.474 e. The first-order chi connectivity index (χ1) is 12.1. The van der Waals surface area contributed by atoms with Crippen molar-refractivity contribution in [1.82, 2.24) is 9.88 Å². The van der Waals surface area contributed by atoms with Crippen LogP contribution < -0.4 is 10.1 Å². The van der Waals surface area contributed by atoms with Gasteiger partial charge in [0.05, 0.1) is 17.3 Å². The number of nitrogens with zero attached hydrogens (tertiary/aromatic N) is 2. The number of ether oxygens (including phenoxy) is 1. The molecule has 0 aliphatic carbocycles. The van der Waals surface area contributed by atoms with E-state index in [-0.39, 0.29) is 12.0 Å². The molecule has 0 radical (unpaired) electrons. The second-order valence-corrected chi connectivity index (χ2v) is 6.70. The molecule has 2 heterocycles. The van der Waals surface area contributed by atoms with E-state index >= 15 is 0 Å². The third kappa shape index (κ3) is 5.18. The lowest BCUT2D eigenvalue weighted by Crippen LogP contribution is -2.42. The van der Waals surface area contributed by atoms with Crippen LogP contribution in [0.15, 0.2) is 42.6 Å². The summed E-state index contributed by atoms with van der Waals surface area (Å²) in [4.78, 5) is 18.6. The highest BCUT2D eigenvalue weighted by Gasteiger charge is 2.22. The zero-order chi connectivity index (χ0) is 17.6. The van der Waals surface area contributed by atoms with Gasteiger partial charge >= 0.3 is 0 Å². The van der Waals surface area contributed by atoms with Gasteiger partial charge in [-0.2, -0.15) is 0 Å². The summed E-state index contributed by atoms with van der Waals surface area (Å²) in [6.45, 7) is 4.02. The van der Waals surface area contributed by atoms with Crippen molar-refractivity contribution in [1.29, 1.82) is 0 Å². The van der Waals surface area contributed by atoms with Crippen LogP contribution in [0.2, 0.25) is 5.02 Å². The number of carbonyl (C=O) groups excluding carboxylic acids is 1. The number of halogens is 1. The van der Waals surface area contributed by atoms with E-state index in [9.17, 15) is 4.79 Å². The lowest BCUT2D eigenvalue weighted by molar-refractivity contribution is -0.117. The molecule has 0 saturated carbocycles. The van der Waals surface area contributed by atoms with E-state index in [1.54, 1.807) is 12.1 Å². The van der Waals surface area contributed by atoms with Gasteiger partial charge in [-0.15, -0.1) is 0 Å². The van der Waals surface area contributed by atoms with Gasteiger partial charge in [-0.25, -0.2) is 4.98 Å². The Labute approximate surface area is 153 Å². The first-order valence-electron chi connectivity index (χ1n) is 8.46. The summed E-state index contributed by atoms with van der Waals surface area (Å²) in [5, 5.41) is 3.41. The first kappa shape index (κ1) is 17.7. The van der Waals surface area contributed by atoms with Crippen LogP contribution in [-0.4, -0.2) is 41.5 Å². The van der Waals surface area contributed by atoms with Gasteiger partial charge in [0.15, 0.2) is 0 Å². The van der Waals surface area contributed by atoms with Gasteiger partial charge in [0.25, 0.3) is 0 Å². The number of para-hydroxylation sites is 1. The fourth-order valence-electron chi connectivity index (χ4n) is 2.84.